The molecule has 1 aromatic heterocycles. The Balaban J connectivity index is 1.65. The summed E-state index contributed by atoms with van der Waals surface area (Å²) in [4.78, 5) is 4.39. The second-order valence-electron chi connectivity index (χ2n) is 5.55. The van der Waals surface area contributed by atoms with Crippen LogP contribution < -0.4 is 0 Å². The predicted molar refractivity (Wildman–Crippen MR) is 62.4 cm³/mol. The average molecular weight is 247 g/mol. The summed E-state index contributed by atoms with van der Waals surface area (Å²) in [5.74, 6) is 3.29. The number of nitrogens with zero attached hydrogens (tertiary/aromatic N) is 3. The number of hydrogen-bond acceptors (Lipinski definition) is 5. The molecule has 0 aromatic carbocycles. The van der Waals surface area contributed by atoms with Gasteiger partial charge in [0.2, 0.25) is 5.89 Å². The van der Waals surface area contributed by atoms with E-state index in [2.05, 4.69) is 10.1 Å². The van der Waals surface area contributed by atoms with Gasteiger partial charge in [-0.25, -0.2) is 0 Å². The maximum atomic E-state index is 9.53. The maximum absolute atomic E-state index is 9.53. The molecule has 0 saturated heterocycles. The Bertz CT molecular complexity index is 465. The van der Waals surface area contributed by atoms with Crippen LogP contribution in [0.4, 0.5) is 0 Å². The van der Waals surface area contributed by atoms with Crippen LogP contribution in [0.2, 0.25) is 0 Å². The van der Waals surface area contributed by atoms with Gasteiger partial charge in [-0.15, -0.1) is 0 Å². The Morgan fingerprint density at radius 3 is 3.00 bits per heavy atom. The third kappa shape index (κ3) is 2.13. The van der Waals surface area contributed by atoms with Crippen molar-refractivity contribution in [3.63, 3.8) is 0 Å². The average Bonchev–Trinajstić information content (AvgIpc) is 3.03. The molecule has 96 valence electrons. The molecule has 4 atom stereocenters. The molecule has 1 aromatic rings. The van der Waals surface area contributed by atoms with E-state index >= 15 is 0 Å². The largest absolute Gasteiger partial charge is 0.392 e. The van der Waals surface area contributed by atoms with E-state index in [0.717, 1.165) is 17.7 Å². The molecule has 2 aliphatic carbocycles. The summed E-state index contributed by atoms with van der Waals surface area (Å²) in [5.41, 5.74) is 0. The zero-order valence-electron chi connectivity index (χ0n) is 10.2. The summed E-state index contributed by atoms with van der Waals surface area (Å²) < 4.78 is 5.17. The van der Waals surface area contributed by atoms with Gasteiger partial charge in [-0.05, 0) is 31.1 Å². The second-order valence-corrected chi connectivity index (χ2v) is 5.55. The van der Waals surface area contributed by atoms with E-state index in [1.165, 1.54) is 25.7 Å². The van der Waals surface area contributed by atoms with Gasteiger partial charge < -0.3 is 9.63 Å². The van der Waals surface area contributed by atoms with Gasteiger partial charge in [0.25, 0.3) is 0 Å². The Labute approximate surface area is 106 Å². The van der Waals surface area contributed by atoms with E-state index < -0.39 is 6.10 Å². The molecule has 0 radical (unpaired) electrons. The van der Waals surface area contributed by atoms with Crippen molar-refractivity contribution < 1.29 is 9.63 Å². The molecular weight excluding hydrogens is 230 g/mol. The highest BCUT2D eigenvalue weighted by Crippen LogP contribution is 2.52. The summed E-state index contributed by atoms with van der Waals surface area (Å²) in [6, 6.07) is 1.93. The summed E-state index contributed by atoms with van der Waals surface area (Å²) in [7, 11) is 0. The smallest absolute Gasteiger partial charge is 0.229 e. The lowest BCUT2D eigenvalue weighted by atomic mass is 9.88. The van der Waals surface area contributed by atoms with E-state index in [-0.39, 0.29) is 12.8 Å². The third-order valence-electron chi connectivity index (χ3n) is 4.29. The van der Waals surface area contributed by atoms with Crippen LogP contribution in [-0.4, -0.2) is 21.4 Å². The molecule has 2 saturated carbocycles. The van der Waals surface area contributed by atoms with Crippen molar-refractivity contribution in [3.05, 3.63) is 11.7 Å². The van der Waals surface area contributed by atoms with Gasteiger partial charge in [0, 0.05) is 5.92 Å². The van der Waals surface area contributed by atoms with Gasteiger partial charge in [0.05, 0.1) is 25.0 Å². The van der Waals surface area contributed by atoms with E-state index in [4.69, 9.17) is 9.78 Å². The fourth-order valence-corrected chi connectivity index (χ4v) is 3.44. The third-order valence-corrected chi connectivity index (χ3v) is 4.29. The number of aliphatic hydroxyl groups excluding tert-OH is 1. The highest BCUT2D eigenvalue weighted by molar-refractivity contribution is 5.06. The fraction of sp³-hybridized carbons (Fsp3) is 0.769. The molecule has 5 nitrogen and oxygen atoms in total. The Kier molecular flexibility index (Phi) is 3.04. The van der Waals surface area contributed by atoms with Crippen LogP contribution in [0.5, 0.6) is 0 Å². The molecule has 1 heterocycles. The van der Waals surface area contributed by atoms with Gasteiger partial charge in [-0.3, -0.25) is 0 Å². The monoisotopic (exact) mass is 247 g/mol. The number of rotatable bonds is 4. The van der Waals surface area contributed by atoms with Gasteiger partial charge in [0.15, 0.2) is 5.82 Å². The van der Waals surface area contributed by atoms with E-state index in [1.807, 2.05) is 6.07 Å². The van der Waals surface area contributed by atoms with Crippen LogP contribution in [0.15, 0.2) is 4.52 Å². The number of aromatic nitrogens is 2. The number of nitriles is 1. The molecule has 3 rings (SSSR count). The second kappa shape index (κ2) is 4.69. The van der Waals surface area contributed by atoms with Crippen molar-refractivity contribution in [2.75, 3.05) is 0 Å². The molecule has 0 aliphatic heterocycles. The van der Waals surface area contributed by atoms with Crippen LogP contribution >= 0.6 is 0 Å². The van der Waals surface area contributed by atoms with E-state index in [1.54, 1.807) is 0 Å². The predicted octanol–water partition coefficient (Wildman–Crippen LogP) is 1.79. The van der Waals surface area contributed by atoms with E-state index in [0.29, 0.717) is 11.8 Å². The first-order chi connectivity index (χ1) is 8.76. The first kappa shape index (κ1) is 11.7. The lowest BCUT2D eigenvalue weighted by molar-refractivity contribution is 0.167. The topological polar surface area (TPSA) is 82.9 Å². The molecule has 18 heavy (non-hydrogen) atoms. The minimum absolute atomic E-state index is 0.103. The molecule has 1 N–H and O–H groups in total. The van der Waals surface area contributed by atoms with Crippen molar-refractivity contribution in [2.45, 2.75) is 50.5 Å². The van der Waals surface area contributed by atoms with Crippen LogP contribution in [0.1, 0.15) is 49.7 Å². The highest BCUT2D eigenvalue weighted by Gasteiger charge is 2.42. The van der Waals surface area contributed by atoms with Gasteiger partial charge in [-0.1, -0.05) is 11.6 Å². The molecule has 2 bridgehead atoms. The summed E-state index contributed by atoms with van der Waals surface area (Å²) in [6.45, 7) is 0. The number of fused-ring (bicyclic) bond motifs is 2. The minimum Gasteiger partial charge on any atom is -0.392 e. The lowest BCUT2D eigenvalue weighted by Crippen LogP contribution is -2.11. The van der Waals surface area contributed by atoms with Crippen molar-refractivity contribution in [1.82, 2.24) is 10.1 Å². The molecule has 4 unspecified atom stereocenters. The normalized spacial score (nSPS) is 31.4. The molecule has 2 aliphatic rings. The summed E-state index contributed by atoms with van der Waals surface area (Å²) >= 11 is 0. The highest BCUT2D eigenvalue weighted by atomic mass is 16.5. The molecule has 0 amide bonds. The minimum atomic E-state index is -0.705. The van der Waals surface area contributed by atoms with Gasteiger partial charge in [0.1, 0.15) is 0 Å². The Morgan fingerprint density at radius 2 is 2.33 bits per heavy atom. The molecular formula is C13H17N3O2. The standard InChI is InChI=1S/C13H17N3O2/c14-4-3-10(17)7-12-15-13(16-18-12)11-6-8-1-2-9(11)5-8/h8-11,17H,1-3,5-7H2. The van der Waals surface area contributed by atoms with Crippen molar-refractivity contribution in [1.29, 1.82) is 5.26 Å². The van der Waals surface area contributed by atoms with Crippen LogP contribution in [0.25, 0.3) is 0 Å². The Hall–Kier alpha value is -1.41. The van der Waals surface area contributed by atoms with Crippen molar-refractivity contribution >= 4 is 0 Å². The SMILES string of the molecule is N#CCC(O)Cc1nc(C2CC3CCC2C3)no1. The quantitative estimate of drug-likeness (QED) is 0.877. The first-order valence-electron chi connectivity index (χ1n) is 6.63. The maximum Gasteiger partial charge on any atom is 0.229 e. The van der Waals surface area contributed by atoms with Gasteiger partial charge >= 0.3 is 0 Å². The molecule has 5 heteroatoms. The van der Waals surface area contributed by atoms with Crippen LogP contribution in [0, 0.1) is 23.2 Å². The molecule has 2 fully saturated rings. The zero-order valence-corrected chi connectivity index (χ0v) is 10.2. The van der Waals surface area contributed by atoms with Crippen LogP contribution in [0.3, 0.4) is 0 Å². The van der Waals surface area contributed by atoms with E-state index in [9.17, 15) is 5.11 Å². The summed E-state index contributed by atoms with van der Waals surface area (Å²) in [6.07, 6.45) is 4.81. The van der Waals surface area contributed by atoms with Crippen molar-refractivity contribution in [2.24, 2.45) is 11.8 Å². The number of hydrogen-bond donors (Lipinski definition) is 1. The van der Waals surface area contributed by atoms with Crippen molar-refractivity contribution in [3.8, 4) is 6.07 Å². The Morgan fingerprint density at radius 1 is 1.44 bits per heavy atom. The zero-order chi connectivity index (χ0) is 12.5. The lowest BCUT2D eigenvalue weighted by Gasteiger charge is -2.17. The van der Waals surface area contributed by atoms with Gasteiger partial charge in [-0.2, -0.15) is 10.2 Å². The first-order valence-corrected chi connectivity index (χ1v) is 6.63. The summed E-state index contributed by atoms with van der Waals surface area (Å²) in [5, 5.41) is 22.1. The number of aliphatic hydroxyl groups is 1. The molecule has 0 spiro atoms. The van der Waals surface area contributed by atoms with Crippen LogP contribution in [-0.2, 0) is 6.42 Å². The fourth-order valence-electron chi connectivity index (χ4n) is 3.44.